The topological polar surface area (TPSA) is 103 Å². The van der Waals surface area contributed by atoms with Crippen LogP contribution in [0.5, 0.6) is 0 Å². The Bertz CT molecular complexity index is 1590. The first-order valence-electron chi connectivity index (χ1n) is 11.9. The van der Waals surface area contributed by atoms with Gasteiger partial charge in [0.25, 0.3) is 0 Å². The Kier molecular flexibility index (Phi) is 4.51. The van der Waals surface area contributed by atoms with Crippen molar-refractivity contribution in [3.63, 3.8) is 0 Å². The van der Waals surface area contributed by atoms with Crippen LogP contribution in [0.3, 0.4) is 0 Å². The zero-order chi connectivity index (χ0) is 23.7. The molecule has 5 aromatic rings. The molecule has 0 radical (unpaired) electrons. The number of fused-ring (bicyclic) bond motifs is 4. The number of carbonyl (C=O) groups is 1. The monoisotopic (exact) mass is 484 g/mol. The summed E-state index contributed by atoms with van der Waals surface area (Å²) in [6, 6.07) is 9.07. The van der Waals surface area contributed by atoms with Gasteiger partial charge in [-0.2, -0.15) is 9.47 Å². The third-order valence-electron chi connectivity index (χ3n) is 7.59. The molecule has 3 atom stereocenters. The number of carbonyl (C=O) groups excluding carboxylic acids is 1. The Morgan fingerprint density at radius 3 is 2.74 bits per heavy atom. The minimum absolute atomic E-state index is 0.192. The first kappa shape index (κ1) is 20.6. The van der Waals surface area contributed by atoms with Crippen LogP contribution in [-0.2, 0) is 4.79 Å². The number of hydrogen-bond donors (Lipinski definition) is 1. The lowest BCUT2D eigenvalue weighted by atomic mass is 9.97. The van der Waals surface area contributed by atoms with E-state index in [0.717, 1.165) is 63.6 Å². The van der Waals surface area contributed by atoms with Crippen molar-refractivity contribution in [1.29, 1.82) is 0 Å². The molecule has 2 fully saturated rings. The molecule has 2 bridgehead atoms. The molecule has 9 heteroatoms. The fourth-order valence-electron chi connectivity index (χ4n) is 6.05. The summed E-state index contributed by atoms with van der Waals surface area (Å²) in [5.41, 5.74) is 9.71. The number of hydrogen-bond acceptors (Lipinski definition) is 7. The average molecular weight is 485 g/mol. The van der Waals surface area contributed by atoms with Crippen molar-refractivity contribution < 1.29 is 9.21 Å². The molecule has 2 aliphatic heterocycles. The number of amides is 1. The van der Waals surface area contributed by atoms with Crippen LogP contribution in [0.25, 0.3) is 43.5 Å². The number of nitrogen functional groups attached to an aromatic ring is 1. The molecular formula is C26H24N6O2S. The molecular weight excluding hydrogens is 460 g/mol. The van der Waals surface area contributed by atoms with Gasteiger partial charge >= 0.3 is 0 Å². The van der Waals surface area contributed by atoms with E-state index in [2.05, 4.69) is 25.1 Å². The number of nitrogens with two attached hydrogens (primary N) is 1. The molecule has 0 aliphatic carbocycles. The predicted molar refractivity (Wildman–Crippen MR) is 136 cm³/mol. The van der Waals surface area contributed by atoms with Crippen molar-refractivity contribution in [3.8, 4) is 22.5 Å². The Morgan fingerprint density at radius 2 is 1.94 bits per heavy atom. The summed E-state index contributed by atoms with van der Waals surface area (Å²) in [6.07, 6.45) is 11.7. The van der Waals surface area contributed by atoms with Gasteiger partial charge in [0.2, 0.25) is 5.91 Å². The van der Waals surface area contributed by atoms with Gasteiger partial charge in [0.15, 0.2) is 11.4 Å². The van der Waals surface area contributed by atoms with Gasteiger partial charge < -0.3 is 15.1 Å². The second kappa shape index (κ2) is 7.64. The fraction of sp³-hybridized carbons (Fsp3) is 0.308. The number of benzene rings is 1. The quantitative estimate of drug-likeness (QED) is 0.374. The lowest BCUT2D eigenvalue weighted by molar-refractivity contribution is -0.133. The minimum Gasteiger partial charge on any atom is -0.452 e. The van der Waals surface area contributed by atoms with Gasteiger partial charge in [0.05, 0.1) is 16.9 Å². The molecule has 7 rings (SSSR count). The van der Waals surface area contributed by atoms with E-state index in [-0.39, 0.29) is 11.9 Å². The summed E-state index contributed by atoms with van der Waals surface area (Å²) in [4.78, 5) is 18.6. The van der Waals surface area contributed by atoms with Gasteiger partial charge in [-0.05, 0) is 49.3 Å². The third-order valence-corrected chi connectivity index (χ3v) is 8.44. The molecule has 6 heterocycles. The van der Waals surface area contributed by atoms with Crippen molar-refractivity contribution in [2.45, 2.75) is 50.7 Å². The zero-order valence-corrected chi connectivity index (χ0v) is 20.0. The van der Waals surface area contributed by atoms with Gasteiger partial charge in [0.1, 0.15) is 5.76 Å². The highest BCUT2D eigenvalue weighted by molar-refractivity contribution is 7.13. The lowest BCUT2D eigenvalue weighted by Crippen LogP contribution is -2.45. The van der Waals surface area contributed by atoms with Gasteiger partial charge in [-0.25, -0.2) is 4.98 Å². The molecule has 1 unspecified atom stereocenters. The number of nitrogens with zero attached hydrogens (tertiary/aromatic N) is 5. The average Bonchev–Trinajstić information content (AvgIpc) is 3.64. The number of rotatable bonds is 3. The molecule has 35 heavy (non-hydrogen) atoms. The highest BCUT2D eigenvalue weighted by Gasteiger charge is 2.42. The Balaban J connectivity index is 1.26. The van der Waals surface area contributed by atoms with Crippen LogP contribution < -0.4 is 5.73 Å². The highest BCUT2D eigenvalue weighted by atomic mass is 32.1. The van der Waals surface area contributed by atoms with E-state index in [0.29, 0.717) is 23.5 Å². The second-order valence-corrected chi connectivity index (χ2v) is 10.4. The van der Waals surface area contributed by atoms with E-state index in [9.17, 15) is 4.79 Å². The summed E-state index contributed by atoms with van der Waals surface area (Å²) in [5, 5.41) is 6.73. The van der Waals surface area contributed by atoms with Crippen LogP contribution in [0.15, 0.2) is 53.5 Å². The molecule has 1 aromatic carbocycles. The molecule has 2 saturated heterocycles. The SMILES string of the molecule is CC(=O)N1[C@@H]2CC[C@H]1CC(n1cc(-c3cnc(N)c4oc(-c5cccc6cnsc56)cc34)cn1)C2. The van der Waals surface area contributed by atoms with E-state index in [1.165, 1.54) is 11.5 Å². The van der Waals surface area contributed by atoms with Crippen LogP contribution in [0, 0.1) is 0 Å². The Morgan fingerprint density at radius 1 is 1.11 bits per heavy atom. The Hall–Kier alpha value is -3.72. The molecule has 2 N–H and O–H groups in total. The van der Waals surface area contributed by atoms with Crippen molar-refractivity contribution in [2.24, 2.45) is 0 Å². The maximum atomic E-state index is 12.1. The maximum absolute atomic E-state index is 12.1. The molecule has 4 aromatic heterocycles. The lowest BCUT2D eigenvalue weighted by Gasteiger charge is -2.38. The smallest absolute Gasteiger partial charge is 0.219 e. The van der Waals surface area contributed by atoms with Crippen LogP contribution in [0.1, 0.15) is 38.6 Å². The highest BCUT2D eigenvalue weighted by Crippen LogP contribution is 2.42. The molecule has 1 amide bonds. The Labute approximate surface area is 205 Å². The van der Waals surface area contributed by atoms with E-state index < -0.39 is 0 Å². The number of aromatic nitrogens is 4. The molecule has 8 nitrogen and oxygen atoms in total. The summed E-state index contributed by atoms with van der Waals surface area (Å²) in [6.45, 7) is 1.69. The van der Waals surface area contributed by atoms with Crippen molar-refractivity contribution in [3.05, 3.63) is 49.1 Å². The number of pyridine rings is 1. The van der Waals surface area contributed by atoms with Crippen LogP contribution >= 0.6 is 11.5 Å². The van der Waals surface area contributed by atoms with E-state index in [1.807, 2.05) is 36.7 Å². The number of anilines is 1. The predicted octanol–water partition coefficient (Wildman–Crippen LogP) is 5.26. The normalized spacial score (nSPS) is 21.9. The van der Waals surface area contributed by atoms with Crippen molar-refractivity contribution in [1.82, 2.24) is 24.0 Å². The van der Waals surface area contributed by atoms with Crippen LogP contribution in [0.2, 0.25) is 0 Å². The second-order valence-electron chi connectivity index (χ2n) is 9.61. The van der Waals surface area contributed by atoms with E-state index in [4.69, 9.17) is 15.2 Å². The molecule has 176 valence electrons. The summed E-state index contributed by atoms with van der Waals surface area (Å²) in [7, 11) is 0. The summed E-state index contributed by atoms with van der Waals surface area (Å²) in [5.74, 6) is 1.31. The van der Waals surface area contributed by atoms with Gasteiger partial charge in [-0.15, -0.1) is 0 Å². The van der Waals surface area contributed by atoms with Gasteiger partial charge in [-0.1, -0.05) is 12.1 Å². The minimum atomic E-state index is 0.192. The maximum Gasteiger partial charge on any atom is 0.219 e. The van der Waals surface area contributed by atoms with Crippen LogP contribution in [-0.4, -0.2) is 42.0 Å². The first-order valence-corrected chi connectivity index (χ1v) is 12.7. The largest absolute Gasteiger partial charge is 0.452 e. The van der Waals surface area contributed by atoms with Crippen molar-refractivity contribution >= 4 is 44.3 Å². The molecule has 0 spiro atoms. The number of furan rings is 1. The summed E-state index contributed by atoms with van der Waals surface area (Å²) >= 11 is 1.46. The fourth-order valence-corrected chi connectivity index (χ4v) is 6.81. The molecule has 2 aliphatic rings. The van der Waals surface area contributed by atoms with Crippen molar-refractivity contribution in [2.75, 3.05) is 5.73 Å². The van der Waals surface area contributed by atoms with Crippen LogP contribution in [0.4, 0.5) is 5.82 Å². The summed E-state index contributed by atoms with van der Waals surface area (Å²) < 4.78 is 13.7. The van der Waals surface area contributed by atoms with E-state index in [1.54, 1.807) is 13.1 Å². The standard InChI is InChI=1S/C26H24N6O2S/c1-14(33)32-17-5-6-18(32)8-19(7-17)31-13-16(10-29-31)22-12-28-26(27)24-21(22)9-23(34-24)20-4-2-3-15-11-30-35-25(15)20/h2-4,9-13,17-19H,5-8H2,1H3,(H2,27,28)/t17-,18+,19?. The number of piperidine rings is 1. The van der Waals surface area contributed by atoms with Gasteiger partial charge in [0, 0.05) is 65.1 Å². The van der Waals surface area contributed by atoms with E-state index >= 15 is 0 Å². The van der Waals surface area contributed by atoms with Gasteiger partial charge in [-0.3, -0.25) is 9.48 Å². The zero-order valence-electron chi connectivity index (χ0n) is 19.2. The first-order chi connectivity index (χ1) is 17.1. The molecule has 0 saturated carbocycles. The third kappa shape index (κ3) is 3.18.